The van der Waals surface area contributed by atoms with Gasteiger partial charge in [0.2, 0.25) is 5.91 Å². The average Bonchev–Trinajstić information content (AvgIpc) is 2.37. The van der Waals surface area contributed by atoms with E-state index in [0.29, 0.717) is 6.42 Å². The molecule has 104 valence electrons. The van der Waals surface area contributed by atoms with Crippen molar-refractivity contribution in [3.05, 3.63) is 35.4 Å². The molecule has 4 heteroatoms. The number of aliphatic hydroxyl groups is 1. The van der Waals surface area contributed by atoms with E-state index in [1.165, 1.54) is 11.1 Å². The summed E-state index contributed by atoms with van der Waals surface area (Å²) in [5.41, 5.74) is 2.51. The maximum Gasteiger partial charge on any atom is 0.237 e. The molecule has 2 rings (SSSR count). The molecule has 0 aromatic heterocycles. The first kappa shape index (κ1) is 14.0. The molecule has 3 N–H and O–H groups in total. The Bertz CT molecular complexity index is 446. The van der Waals surface area contributed by atoms with Crippen molar-refractivity contribution in [1.82, 2.24) is 10.6 Å². The molecule has 0 fully saturated rings. The molecular weight excluding hydrogens is 240 g/mol. The maximum absolute atomic E-state index is 12.1. The highest BCUT2D eigenvalue weighted by Gasteiger charge is 2.24. The van der Waals surface area contributed by atoms with Gasteiger partial charge in [-0.25, -0.2) is 0 Å². The Balaban J connectivity index is 1.92. The van der Waals surface area contributed by atoms with Crippen LogP contribution in [0.2, 0.25) is 0 Å². The Hall–Kier alpha value is -1.39. The molecule has 0 saturated heterocycles. The standard InChI is InChI=1S/C15H22N2O2/c1-10(7-11(2)18)17-15(19)14-8-12-5-3-4-6-13(12)9-16-14/h3-6,10-11,14,16,18H,7-9H2,1-2H3,(H,17,19)/t10?,11?,14-/m0/s1. The van der Waals surface area contributed by atoms with E-state index < -0.39 is 6.10 Å². The summed E-state index contributed by atoms with van der Waals surface area (Å²) in [5.74, 6) is 0.0163. The van der Waals surface area contributed by atoms with Gasteiger partial charge in [-0.3, -0.25) is 4.79 Å². The predicted molar refractivity (Wildman–Crippen MR) is 74.7 cm³/mol. The van der Waals surface area contributed by atoms with E-state index in [0.717, 1.165) is 13.0 Å². The van der Waals surface area contributed by atoms with Crippen LogP contribution in [0.15, 0.2) is 24.3 Å². The van der Waals surface area contributed by atoms with Gasteiger partial charge in [-0.05, 0) is 37.8 Å². The Morgan fingerprint density at radius 2 is 2.11 bits per heavy atom. The minimum Gasteiger partial charge on any atom is -0.393 e. The summed E-state index contributed by atoms with van der Waals surface area (Å²) in [6.07, 6.45) is 0.911. The molecule has 1 aromatic rings. The van der Waals surface area contributed by atoms with E-state index in [4.69, 9.17) is 0 Å². The number of benzene rings is 1. The Labute approximate surface area is 114 Å². The maximum atomic E-state index is 12.1. The zero-order valence-corrected chi connectivity index (χ0v) is 11.5. The van der Waals surface area contributed by atoms with Gasteiger partial charge in [-0.1, -0.05) is 24.3 Å². The fraction of sp³-hybridized carbons (Fsp3) is 0.533. The molecule has 1 aliphatic rings. The summed E-state index contributed by atoms with van der Waals surface area (Å²) in [4.78, 5) is 12.1. The fourth-order valence-electron chi connectivity index (χ4n) is 2.55. The summed E-state index contributed by atoms with van der Waals surface area (Å²) in [7, 11) is 0. The molecule has 1 aromatic carbocycles. The van der Waals surface area contributed by atoms with E-state index in [2.05, 4.69) is 22.8 Å². The van der Waals surface area contributed by atoms with Gasteiger partial charge in [0.15, 0.2) is 0 Å². The fourth-order valence-corrected chi connectivity index (χ4v) is 2.55. The number of amides is 1. The van der Waals surface area contributed by atoms with Crippen LogP contribution in [0.3, 0.4) is 0 Å². The lowest BCUT2D eigenvalue weighted by Crippen LogP contribution is -2.50. The molecule has 2 unspecified atom stereocenters. The third-order valence-electron chi connectivity index (χ3n) is 3.48. The summed E-state index contributed by atoms with van der Waals surface area (Å²) < 4.78 is 0. The minimum atomic E-state index is -0.393. The number of rotatable bonds is 4. The molecule has 3 atom stereocenters. The number of hydrogen-bond acceptors (Lipinski definition) is 3. The second-order valence-electron chi connectivity index (χ2n) is 5.40. The molecule has 19 heavy (non-hydrogen) atoms. The van der Waals surface area contributed by atoms with Crippen LogP contribution in [0.4, 0.5) is 0 Å². The predicted octanol–water partition coefficient (Wildman–Crippen LogP) is 0.976. The Kier molecular flexibility index (Phi) is 4.56. The zero-order valence-electron chi connectivity index (χ0n) is 11.5. The van der Waals surface area contributed by atoms with Crippen LogP contribution in [-0.4, -0.2) is 29.2 Å². The molecule has 0 aliphatic carbocycles. The number of aliphatic hydroxyl groups excluding tert-OH is 1. The summed E-state index contributed by atoms with van der Waals surface area (Å²) in [5, 5.41) is 15.5. The molecule has 0 bridgehead atoms. The number of nitrogens with one attached hydrogen (secondary N) is 2. The van der Waals surface area contributed by atoms with Crippen molar-refractivity contribution in [1.29, 1.82) is 0 Å². The highest BCUT2D eigenvalue weighted by molar-refractivity contribution is 5.82. The van der Waals surface area contributed by atoms with Gasteiger partial charge in [0.05, 0.1) is 12.1 Å². The van der Waals surface area contributed by atoms with Crippen LogP contribution in [0.1, 0.15) is 31.4 Å². The van der Waals surface area contributed by atoms with Crippen molar-refractivity contribution >= 4 is 5.91 Å². The first-order valence-corrected chi connectivity index (χ1v) is 6.85. The van der Waals surface area contributed by atoms with E-state index in [1.807, 2.05) is 19.1 Å². The smallest absolute Gasteiger partial charge is 0.237 e. The molecule has 0 saturated carbocycles. The van der Waals surface area contributed by atoms with Crippen molar-refractivity contribution in [2.75, 3.05) is 0 Å². The molecule has 1 aliphatic heterocycles. The van der Waals surface area contributed by atoms with Crippen molar-refractivity contribution in [3.63, 3.8) is 0 Å². The van der Waals surface area contributed by atoms with Gasteiger partial charge in [0.25, 0.3) is 0 Å². The van der Waals surface area contributed by atoms with E-state index in [-0.39, 0.29) is 18.0 Å². The van der Waals surface area contributed by atoms with Crippen LogP contribution >= 0.6 is 0 Å². The van der Waals surface area contributed by atoms with Gasteiger partial charge in [0.1, 0.15) is 0 Å². The topological polar surface area (TPSA) is 61.4 Å². The van der Waals surface area contributed by atoms with Crippen LogP contribution in [0.25, 0.3) is 0 Å². The van der Waals surface area contributed by atoms with Crippen molar-refractivity contribution in [3.8, 4) is 0 Å². The third kappa shape index (κ3) is 3.78. The van der Waals surface area contributed by atoms with Crippen molar-refractivity contribution < 1.29 is 9.90 Å². The van der Waals surface area contributed by atoms with Gasteiger partial charge in [-0.2, -0.15) is 0 Å². The lowest BCUT2D eigenvalue weighted by molar-refractivity contribution is -0.124. The summed E-state index contributed by atoms with van der Waals surface area (Å²) in [6.45, 7) is 4.39. The van der Waals surface area contributed by atoms with Crippen molar-refractivity contribution in [2.24, 2.45) is 0 Å². The summed E-state index contributed by atoms with van der Waals surface area (Å²) >= 11 is 0. The molecule has 1 heterocycles. The number of fused-ring (bicyclic) bond motifs is 1. The molecule has 1 amide bonds. The lowest BCUT2D eigenvalue weighted by atomic mass is 9.95. The quantitative estimate of drug-likeness (QED) is 0.758. The normalized spacial score (nSPS) is 21.3. The molecular formula is C15H22N2O2. The number of hydrogen-bond donors (Lipinski definition) is 3. The molecule has 0 radical (unpaired) electrons. The SMILES string of the molecule is CC(O)CC(C)NC(=O)[C@@H]1Cc2ccccc2CN1. The highest BCUT2D eigenvalue weighted by Crippen LogP contribution is 2.16. The van der Waals surface area contributed by atoms with E-state index in [1.54, 1.807) is 6.92 Å². The minimum absolute atomic E-state index is 0.00790. The third-order valence-corrected chi connectivity index (χ3v) is 3.48. The number of carbonyl (C=O) groups is 1. The molecule has 0 spiro atoms. The lowest BCUT2D eigenvalue weighted by Gasteiger charge is -2.27. The van der Waals surface area contributed by atoms with Gasteiger partial charge < -0.3 is 15.7 Å². The number of carbonyl (C=O) groups excluding carboxylic acids is 1. The second-order valence-corrected chi connectivity index (χ2v) is 5.40. The van der Waals surface area contributed by atoms with Gasteiger partial charge in [0, 0.05) is 12.6 Å². The average molecular weight is 262 g/mol. The van der Waals surface area contributed by atoms with Gasteiger partial charge in [-0.15, -0.1) is 0 Å². The zero-order chi connectivity index (χ0) is 13.8. The Morgan fingerprint density at radius 1 is 1.42 bits per heavy atom. The highest BCUT2D eigenvalue weighted by atomic mass is 16.3. The van der Waals surface area contributed by atoms with Crippen LogP contribution in [-0.2, 0) is 17.8 Å². The van der Waals surface area contributed by atoms with Crippen molar-refractivity contribution in [2.45, 2.75) is 51.4 Å². The van der Waals surface area contributed by atoms with E-state index >= 15 is 0 Å². The first-order chi connectivity index (χ1) is 9.06. The summed E-state index contributed by atoms with van der Waals surface area (Å²) in [6, 6.07) is 8.01. The Morgan fingerprint density at radius 3 is 2.79 bits per heavy atom. The van der Waals surface area contributed by atoms with Crippen LogP contribution in [0.5, 0.6) is 0 Å². The van der Waals surface area contributed by atoms with Crippen LogP contribution in [0, 0.1) is 0 Å². The van der Waals surface area contributed by atoms with E-state index in [9.17, 15) is 9.90 Å². The second kappa shape index (κ2) is 6.17. The van der Waals surface area contributed by atoms with Gasteiger partial charge >= 0.3 is 0 Å². The molecule has 4 nitrogen and oxygen atoms in total. The van der Waals surface area contributed by atoms with Crippen LogP contribution < -0.4 is 10.6 Å². The largest absolute Gasteiger partial charge is 0.393 e. The first-order valence-electron chi connectivity index (χ1n) is 6.85. The monoisotopic (exact) mass is 262 g/mol.